The number of rotatable bonds is 9. The predicted molar refractivity (Wildman–Crippen MR) is 155 cm³/mol. The smallest absolute Gasteiger partial charge is 0.873 e. The van der Waals surface area contributed by atoms with Gasteiger partial charge in [-0.05, 0) is 118 Å². The molecule has 0 saturated carbocycles. The van der Waals surface area contributed by atoms with E-state index in [4.69, 9.17) is 4.99 Å². The molecular weight excluding hydrogens is 515 g/mol. The standard InChI is InChI=1S/C22H28N2.C11H16O2.Ni/c1-6-7-8-20(24-22-13-18(4)10-19(5)14-22)15-23-21-11-16(2)9-17(3)12-21;1-3-4-5-9-7-11(13)10(12)6-8(9)2;/h9-15H,6-8H2,1-5H3;6-7,12-13H,3-5H2,1-2H3;/q;;+2/p-2. The zero-order valence-corrected chi connectivity index (χ0v) is 25.0. The molecule has 0 unspecified atom stereocenters. The van der Waals surface area contributed by atoms with Crippen LogP contribution in [0, 0.1) is 34.6 Å². The molecule has 3 rings (SSSR count). The second kappa shape index (κ2) is 16.8. The molecule has 38 heavy (non-hydrogen) atoms. The Morgan fingerprint density at radius 1 is 0.684 bits per heavy atom. The first-order valence-corrected chi connectivity index (χ1v) is 13.4. The van der Waals surface area contributed by atoms with Crippen molar-refractivity contribution in [2.75, 3.05) is 0 Å². The van der Waals surface area contributed by atoms with E-state index in [2.05, 4.69) is 82.9 Å². The SMILES string of the molecule is CCCCC(C=Nc1cc(C)cc(C)c1)=Nc1cc(C)cc(C)c1.CCCCc1cc([O-])c([O-])cc1C.[Ni+2]. The molecule has 0 spiro atoms. The number of benzene rings is 3. The average molecular weight is 557 g/mol. The quantitative estimate of drug-likeness (QED) is 0.197. The van der Waals surface area contributed by atoms with Gasteiger partial charge >= 0.3 is 16.5 Å². The summed E-state index contributed by atoms with van der Waals surface area (Å²) in [5, 5.41) is 22.0. The monoisotopic (exact) mass is 556 g/mol. The van der Waals surface area contributed by atoms with Crippen molar-refractivity contribution in [2.24, 2.45) is 9.98 Å². The first-order chi connectivity index (χ1) is 17.6. The van der Waals surface area contributed by atoms with E-state index in [0.717, 1.165) is 66.7 Å². The van der Waals surface area contributed by atoms with Crippen LogP contribution in [-0.4, -0.2) is 11.9 Å². The van der Waals surface area contributed by atoms with Crippen LogP contribution < -0.4 is 10.2 Å². The van der Waals surface area contributed by atoms with Crippen molar-refractivity contribution in [2.45, 2.75) is 87.0 Å². The second-order valence-electron chi connectivity index (χ2n) is 9.99. The van der Waals surface area contributed by atoms with E-state index in [1.165, 1.54) is 34.4 Å². The van der Waals surface area contributed by atoms with Crippen LogP contribution in [0.5, 0.6) is 11.5 Å². The van der Waals surface area contributed by atoms with Crippen LogP contribution in [0.1, 0.15) is 79.3 Å². The molecule has 0 radical (unpaired) electrons. The Labute approximate surface area is 239 Å². The van der Waals surface area contributed by atoms with Gasteiger partial charge in [0, 0.05) is 6.21 Å². The molecule has 0 aliphatic rings. The van der Waals surface area contributed by atoms with E-state index in [1.54, 1.807) is 0 Å². The fourth-order valence-corrected chi connectivity index (χ4v) is 4.20. The van der Waals surface area contributed by atoms with Crippen molar-refractivity contribution >= 4 is 23.3 Å². The fourth-order valence-electron chi connectivity index (χ4n) is 4.20. The molecule has 206 valence electrons. The minimum atomic E-state index is -0.391. The van der Waals surface area contributed by atoms with E-state index >= 15 is 0 Å². The van der Waals surface area contributed by atoms with Gasteiger partial charge in [0.1, 0.15) is 0 Å². The third-order valence-corrected chi connectivity index (χ3v) is 6.04. The fraction of sp³-hybridized carbons (Fsp3) is 0.394. The normalized spacial score (nSPS) is 11.2. The first-order valence-electron chi connectivity index (χ1n) is 13.4. The third-order valence-electron chi connectivity index (χ3n) is 6.04. The van der Waals surface area contributed by atoms with Gasteiger partial charge in [-0.2, -0.15) is 0 Å². The summed E-state index contributed by atoms with van der Waals surface area (Å²) in [6.45, 7) is 14.6. The summed E-state index contributed by atoms with van der Waals surface area (Å²) in [5.41, 5.74) is 9.99. The number of aliphatic imine (C=N–C) groups is 2. The molecule has 0 bridgehead atoms. The van der Waals surface area contributed by atoms with Gasteiger partial charge in [-0.1, -0.05) is 51.0 Å². The van der Waals surface area contributed by atoms with Crippen molar-refractivity contribution in [3.05, 3.63) is 81.9 Å². The molecule has 4 nitrogen and oxygen atoms in total. The molecule has 0 amide bonds. The van der Waals surface area contributed by atoms with Gasteiger partial charge in [0.15, 0.2) is 0 Å². The zero-order valence-electron chi connectivity index (χ0n) is 24.0. The molecule has 5 heteroatoms. The maximum Gasteiger partial charge on any atom is 2.00 e. The molecule has 0 atom stereocenters. The molecule has 0 aliphatic carbocycles. The van der Waals surface area contributed by atoms with E-state index in [-0.39, 0.29) is 22.2 Å². The first kappa shape index (κ1) is 33.1. The Bertz CT molecular complexity index is 1190. The number of unbranched alkanes of at least 4 members (excludes halogenated alkanes) is 2. The Kier molecular flexibility index (Phi) is 14.7. The van der Waals surface area contributed by atoms with Gasteiger partial charge < -0.3 is 10.2 Å². The Balaban J connectivity index is 0.000000438. The van der Waals surface area contributed by atoms with E-state index in [9.17, 15) is 10.2 Å². The molecule has 3 aromatic rings. The summed E-state index contributed by atoms with van der Waals surface area (Å²) in [4.78, 5) is 9.51. The molecule has 0 saturated heterocycles. The number of aryl methyl sites for hydroxylation is 6. The van der Waals surface area contributed by atoms with Gasteiger partial charge in [-0.25, -0.2) is 0 Å². The van der Waals surface area contributed by atoms with Gasteiger partial charge in [0.05, 0.1) is 17.1 Å². The maximum absolute atomic E-state index is 11.0. The van der Waals surface area contributed by atoms with Crippen LogP contribution in [0.25, 0.3) is 0 Å². The summed E-state index contributed by atoms with van der Waals surface area (Å²) in [7, 11) is 0. The molecule has 0 aliphatic heterocycles. The summed E-state index contributed by atoms with van der Waals surface area (Å²) < 4.78 is 0. The van der Waals surface area contributed by atoms with Crippen LogP contribution in [0.15, 0.2) is 58.5 Å². The largest absolute Gasteiger partial charge is 2.00 e. The summed E-state index contributed by atoms with van der Waals surface area (Å²) in [5.74, 6) is -0.769. The molecule has 0 aromatic heterocycles. The summed E-state index contributed by atoms with van der Waals surface area (Å²) >= 11 is 0. The second-order valence-corrected chi connectivity index (χ2v) is 9.99. The van der Waals surface area contributed by atoms with E-state index in [0.29, 0.717) is 0 Å². The van der Waals surface area contributed by atoms with Crippen molar-refractivity contribution in [1.82, 2.24) is 0 Å². The average Bonchev–Trinajstić information content (AvgIpc) is 2.81. The van der Waals surface area contributed by atoms with Crippen LogP contribution in [0.4, 0.5) is 11.4 Å². The topological polar surface area (TPSA) is 70.8 Å². The number of nitrogens with zero attached hydrogens (tertiary/aromatic N) is 2. The predicted octanol–water partition coefficient (Wildman–Crippen LogP) is 8.07. The minimum absolute atomic E-state index is 0. The van der Waals surface area contributed by atoms with E-state index < -0.39 is 5.75 Å². The minimum Gasteiger partial charge on any atom is -0.873 e. The number of hydrogen-bond acceptors (Lipinski definition) is 4. The van der Waals surface area contributed by atoms with Crippen LogP contribution in [0.3, 0.4) is 0 Å². The van der Waals surface area contributed by atoms with Crippen molar-refractivity contribution in [1.29, 1.82) is 0 Å². The van der Waals surface area contributed by atoms with Crippen molar-refractivity contribution < 1.29 is 26.7 Å². The van der Waals surface area contributed by atoms with Gasteiger partial charge in [-0.3, -0.25) is 9.98 Å². The zero-order chi connectivity index (χ0) is 27.4. The van der Waals surface area contributed by atoms with Crippen LogP contribution in [0.2, 0.25) is 0 Å². The molecule has 3 aromatic carbocycles. The Morgan fingerprint density at radius 2 is 1.18 bits per heavy atom. The van der Waals surface area contributed by atoms with Gasteiger partial charge in [0.2, 0.25) is 0 Å². The van der Waals surface area contributed by atoms with Gasteiger partial charge in [-0.15, -0.1) is 11.5 Å². The molecular formula is C33H42N2NiO2. The van der Waals surface area contributed by atoms with Gasteiger partial charge in [0.25, 0.3) is 0 Å². The Morgan fingerprint density at radius 3 is 1.71 bits per heavy atom. The molecule has 0 N–H and O–H groups in total. The molecule has 0 heterocycles. The van der Waals surface area contributed by atoms with Crippen molar-refractivity contribution in [3.63, 3.8) is 0 Å². The molecule has 0 fully saturated rings. The summed E-state index contributed by atoms with van der Waals surface area (Å²) in [6, 6.07) is 15.7. The number of hydrogen-bond donors (Lipinski definition) is 0. The van der Waals surface area contributed by atoms with Crippen LogP contribution in [-0.2, 0) is 22.9 Å². The third kappa shape index (κ3) is 11.6. The van der Waals surface area contributed by atoms with Crippen molar-refractivity contribution in [3.8, 4) is 11.5 Å². The maximum atomic E-state index is 11.0. The Hall–Kier alpha value is -2.91. The summed E-state index contributed by atoms with van der Waals surface area (Å²) in [6.07, 6.45) is 8.24. The van der Waals surface area contributed by atoms with Crippen LogP contribution >= 0.6 is 0 Å². The van der Waals surface area contributed by atoms with E-state index in [1.807, 2.05) is 13.1 Å².